The molecule has 1 saturated carbocycles. The summed E-state index contributed by atoms with van der Waals surface area (Å²) in [5.41, 5.74) is 1.79. The van der Waals surface area contributed by atoms with E-state index >= 15 is 0 Å². The van der Waals surface area contributed by atoms with Gasteiger partial charge in [-0.3, -0.25) is 4.79 Å². The topological polar surface area (TPSA) is 17.1 Å². The molecule has 0 spiro atoms. The van der Waals surface area contributed by atoms with Crippen molar-refractivity contribution < 1.29 is 4.79 Å². The van der Waals surface area contributed by atoms with Gasteiger partial charge < -0.3 is 0 Å². The maximum atomic E-state index is 11.5. The zero-order chi connectivity index (χ0) is 8.77. The number of ketones is 1. The molecule has 0 aromatic heterocycles. The molecule has 1 heteroatoms. The van der Waals surface area contributed by atoms with Crippen LogP contribution in [-0.2, 0) is 4.79 Å². The number of fused-ring (bicyclic) bond motifs is 1. The number of Topliss-reactive ketones (excluding diaryl/α,β-unsaturated/α-hetero) is 1. The molecule has 0 N–H and O–H groups in total. The van der Waals surface area contributed by atoms with Crippen LogP contribution in [0.5, 0.6) is 0 Å². The lowest BCUT2D eigenvalue weighted by Crippen LogP contribution is -2.28. The van der Waals surface area contributed by atoms with Crippen LogP contribution in [0.3, 0.4) is 0 Å². The standard InChI is InChI=1S/C11H16O/c1-8-3-4-9-10(12)5-6-11(9,2)7-8/h3,9H,4-7H2,1-2H3/t9-,11-/m1/s1. The highest BCUT2D eigenvalue weighted by molar-refractivity contribution is 5.84. The quantitative estimate of drug-likeness (QED) is 0.503. The fraction of sp³-hybridized carbons (Fsp3) is 0.727. The van der Waals surface area contributed by atoms with Crippen molar-refractivity contribution >= 4 is 5.78 Å². The largest absolute Gasteiger partial charge is 0.299 e. The van der Waals surface area contributed by atoms with Crippen molar-refractivity contribution in [2.24, 2.45) is 11.3 Å². The summed E-state index contributed by atoms with van der Waals surface area (Å²) in [6.07, 6.45) is 6.32. The highest BCUT2D eigenvalue weighted by atomic mass is 16.1. The van der Waals surface area contributed by atoms with Gasteiger partial charge in [0.15, 0.2) is 0 Å². The smallest absolute Gasteiger partial charge is 0.136 e. The summed E-state index contributed by atoms with van der Waals surface area (Å²) in [6.45, 7) is 4.46. The lowest BCUT2D eigenvalue weighted by atomic mass is 9.70. The second-order valence-electron chi connectivity index (χ2n) is 4.64. The Morgan fingerprint density at radius 2 is 2.33 bits per heavy atom. The van der Waals surface area contributed by atoms with E-state index in [-0.39, 0.29) is 0 Å². The fourth-order valence-corrected chi connectivity index (χ4v) is 2.80. The van der Waals surface area contributed by atoms with Crippen LogP contribution in [0.1, 0.15) is 39.5 Å². The fourth-order valence-electron chi connectivity index (χ4n) is 2.80. The molecular weight excluding hydrogens is 148 g/mol. The number of rotatable bonds is 0. The molecule has 0 amide bonds. The molecule has 2 atom stereocenters. The van der Waals surface area contributed by atoms with Crippen LogP contribution in [0.2, 0.25) is 0 Å². The Labute approximate surface area is 73.8 Å². The molecule has 0 unspecified atom stereocenters. The van der Waals surface area contributed by atoms with E-state index in [1.54, 1.807) is 0 Å². The average molecular weight is 164 g/mol. The summed E-state index contributed by atoms with van der Waals surface area (Å²) in [7, 11) is 0. The van der Waals surface area contributed by atoms with Crippen LogP contribution < -0.4 is 0 Å². The predicted octanol–water partition coefficient (Wildman–Crippen LogP) is 2.71. The van der Waals surface area contributed by atoms with Gasteiger partial charge >= 0.3 is 0 Å². The van der Waals surface area contributed by atoms with E-state index in [0.717, 1.165) is 25.7 Å². The van der Waals surface area contributed by atoms with Crippen LogP contribution in [0, 0.1) is 11.3 Å². The molecule has 2 aliphatic carbocycles. The lowest BCUT2D eigenvalue weighted by molar-refractivity contribution is -0.122. The van der Waals surface area contributed by atoms with E-state index in [9.17, 15) is 4.79 Å². The zero-order valence-electron chi connectivity index (χ0n) is 7.89. The maximum absolute atomic E-state index is 11.5. The third kappa shape index (κ3) is 1.03. The van der Waals surface area contributed by atoms with Gasteiger partial charge in [0.05, 0.1) is 0 Å². The Hall–Kier alpha value is -0.590. The van der Waals surface area contributed by atoms with Crippen molar-refractivity contribution in [1.29, 1.82) is 0 Å². The van der Waals surface area contributed by atoms with Crippen molar-refractivity contribution in [3.05, 3.63) is 11.6 Å². The van der Waals surface area contributed by atoms with Gasteiger partial charge in [0.1, 0.15) is 5.78 Å². The molecule has 0 heterocycles. The molecule has 66 valence electrons. The number of hydrogen-bond acceptors (Lipinski definition) is 1. The van der Waals surface area contributed by atoms with E-state index < -0.39 is 0 Å². The van der Waals surface area contributed by atoms with Crippen molar-refractivity contribution in [2.45, 2.75) is 39.5 Å². The molecule has 1 nitrogen and oxygen atoms in total. The SMILES string of the molecule is CC1=CC[C@@H]2C(=O)CC[C@]2(C)C1. The second-order valence-corrected chi connectivity index (χ2v) is 4.64. The van der Waals surface area contributed by atoms with Gasteiger partial charge in [-0.05, 0) is 31.6 Å². The molecule has 1 fully saturated rings. The number of carbonyl (C=O) groups is 1. The van der Waals surface area contributed by atoms with E-state index in [2.05, 4.69) is 19.9 Å². The molecule has 12 heavy (non-hydrogen) atoms. The van der Waals surface area contributed by atoms with Gasteiger partial charge in [-0.15, -0.1) is 0 Å². The van der Waals surface area contributed by atoms with Gasteiger partial charge in [0, 0.05) is 12.3 Å². The van der Waals surface area contributed by atoms with Gasteiger partial charge in [-0.25, -0.2) is 0 Å². The number of allylic oxidation sites excluding steroid dienone is 2. The monoisotopic (exact) mass is 164 g/mol. The third-order valence-corrected chi connectivity index (χ3v) is 3.56. The zero-order valence-corrected chi connectivity index (χ0v) is 7.89. The van der Waals surface area contributed by atoms with Crippen molar-refractivity contribution in [3.8, 4) is 0 Å². The first-order chi connectivity index (χ1) is 5.62. The number of carbonyl (C=O) groups excluding carboxylic acids is 1. The molecular formula is C11H16O. The van der Waals surface area contributed by atoms with Crippen LogP contribution in [-0.4, -0.2) is 5.78 Å². The van der Waals surface area contributed by atoms with Crippen molar-refractivity contribution in [3.63, 3.8) is 0 Å². The van der Waals surface area contributed by atoms with E-state index in [4.69, 9.17) is 0 Å². The van der Waals surface area contributed by atoms with Gasteiger partial charge in [-0.2, -0.15) is 0 Å². The molecule has 0 aliphatic heterocycles. The van der Waals surface area contributed by atoms with Crippen LogP contribution in [0.4, 0.5) is 0 Å². The normalized spacial score (nSPS) is 41.0. The van der Waals surface area contributed by atoms with E-state index in [1.165, 1.54) is 5.57 Å². The highest BCUT2D eigenvalue weighted by Gasteiger charge is 2.45. The van der Waals surface area contributed by atoms with Crippen molar-refractivity contribution in [1.82, 2.24) is 0 Å². The summed E-state index contributed by atoms with van der Waals surface area (Å²) in [5.74, 6) is 0.849. The van der Waals surface area contributed by atoms with Crippen LogP contribution in [0.15, 0.2) is 11.6 Å². The Morgan fingerprint density at radius 1 is 1.58 bits per heavy atom. The number of hydrogen-bond donors (Lipinski definition) is 0. The Bertz CT molecular complexity index is 252. The van der Waals surface area contributed by atoms with E-state index in [0.29, 0.717) is 17.1 Å². The third-order valence-electron chi connectivity index (χ3n) is 3.56. The Morgan fingerprint density at radius 3 is 3.08 bits per heavy atom. The minimum atomic E-state index is 0.315. The molecule has 0 aromatic carbocycles. The van der Waals surface area contributed by atoms with Crippen LogP contribution in [0.25, 0.3) is 0 Å². The lowest BCUT2D eigenvalue weighted by Gasteiger charge is -2.34. The summed E-state index contributed by atoms with van der Waals surface area (Å²) in [5, 5.41) is 0. The Balaban J connectivity index is 2.29. The first kappa shape index (κ1) is 8.03. The van der Waals surface area contributed by atoms with Gasteiger partial charge in [0.2, 0.25) is 0 Å². The van der Waals surface area contributed by atoms with Crippen LogP contribution >= 0.6 is 0 Å². The summed E-state index contributed by atoms with van der Waals surface area (Å²) < 4.78 is 0. The van der Waals surface area contributed by atoms with E-state index in [1.807, 2.05) is 0 Å². The molecule has 2 rings (SSSR count). The average Bonchev–Trinajstić information content (AvgIpc) is 2.27. The van der Waals surface area contributed by atoms with Crippen molar-refractivity contribution in [2.75, 3.05) is 0 Å². The summed E-state index contributed by atoms with van der Waals surface area (Å²) in [4.78, 5) is 11.5. The molecule has 0 saturated heterocycles. The Kier molecular flexibility index (Phi) is 1.64. The predicted molar refractivity (Wildman–Crippen MR) is 48.8 cm³/mol. The summed E-state index contributed by atoms with van der Waals surface area (Å²) in [6, 6.07) is 0. The van der Waals surface area contributed by atoms with Gasteiger partial charge in [0.25, 0.3) is 0 Å². The molecule has 2 aliphatic rings. The molecule has 0 bridgehead atoms. The van der Waals surface area contributed by atoms with Gasteiger partial charge in [-0.1, -0.05) is 18.6 Å². The maximum Gasteiger partial charge on any atom is 0.136 e. The summed E-state index contributed by atoms with van der Waals surface area (Å²) >= 11 is 0. The first-order valence-electron chi connectivity index (χ1n) is 4.80. The highest BCUT2D eigenvalue weighted by Crippen LogP contribution is 2.49. The molecule has 0 radical (unpaired) electrons. The first-order valence-corrected chi connectivity index (χ1v) is 4.80. The molecule has 0 aromatic rings. The second kappa shape index (κ2) is 2.45. The minimum Gasteiger partial charge on any atom is -0.299 e. The minimum absolute atomic E-state index is 0.315.